The molecule has 144 valence electrons. The molecule has 2 aliphatic heterocycles. The molecule has 1 saturated carbocycles. The molecule has 1 aliphatic carbocycles. The Labute approximate surface area is 158 Å². The SMILES string of the molecule is Cc1cncc(C(=O)N2CC3(CCN(C(=O)C4CC4)CC3)C[C@@H]2C(=O)O)c1. The molecule has 1 N–H and O–H groups in total. The summed E-state index contributed by atoms with van der Waals surface area (Å²) in [5, 5.41) is 9.70. The first-order chi connectivity index (χ1) is 12.9. The quantitative estimate of drug-likeness (QED) is 0.873. The van der Waals surface area contributed by atoms with Crippen LogP contribution in [-0.2, 0) is 9.59 Å². The number of rotatable bonds is 3. The highest BCUT2D eigenvalue weighted by atomic mass is 16.4. The van der Waals surface area contributed by atoms with E-state index in [9.17, 15) is 19.5 Å². The van der Waals surface area contributed by atoms with Gasteiger partial charge in [-0.05, 0) is 56.1 Å². The van der Waals surface area contributed by atoms with Gasteiger partial charge < -0.3 is 14.9 Å². The summed E-state index contributed by atoms with van der Waals surface area (Å²) in [6.07, 6.45) is 7.12. The highest BCUT2D eigenvalue weighted by Crippen LogP contribution is 2.45. The number of carbonyl (C=O) groups excluding carboxylic acids is 2. The predicted molar refractivity (Wildman–Crippen MR) is 97.0 cm³/mol. The molecule has 7 nitrogen and oxygen atoms in total. The van der Waals surface area contributed by atoms with E-state index in [1.807, 2.05) is 11.8 Å². The Kier molecular flexibility index (Phi) is 4.40. The van der Waals surface area contributed by atoms with Gasteiger partial charge in [0, 0.05) is 37.9 Å². The minimum Gasteiger partial charge on any atom is -0.480 e. The number of likely N-dealkylation sites (tertiary alicyclic amines) is 2. The van der Waals surface area contributed by atoms with Gasteiger partial charge in [0.05, 0.1) is 5.56 Å². The third-order valence-corrected chi connectivity index (χ3v) is 6.24. The van der Waals surface area contributed by atoms with E-state index in [-0.39, 0.29) is 23.1 Å². The lowest BCUT2D eigenvalue weighted by Crippen LogP contribution is -2.45. The van der Waals surface area contributed by atoms with E-state index in [0.29, 0.717) is 31.6 Å². The van der Waals surface area contributed by atoms with Crippen LogP contribution in [0.15, 0.2) is 18.5 Å². The molecule has 1 spiro atoms. The zero-order chi connectivity index (χ0) is 19.2. The van der Waals surface area contributed by atoms with Crippen molar-refractivity contribution in [1.82, 2.24) is 14.8 Å². The molecule has 0 bridgehead atoms. The van der Waals surface area contributed by atoms with Crippen LogP contribution >= 0.6 is 0 Å². The standard InChI is InChI=1S/C20H25N3O4/c1-13-8-15(11-21-10-13)18(25)23-12-20(9-16(23)19(26)27)4-6-22(7-5-20)17(24)14-2-3-14/h8,10-11,14,16H,2-7,9,12H2,1H3,(H,26,27)/t16-/m1/s1. The van der Waals surface area contributed by atoms with Crippen LogP contribution in [0.4, 0.5) is 0 Å². The van der Waals surface area contributed by atoms with Crippen molar-refractivity contribution in [3.63, 3.8) is 0 Å². The van der Waals surface area contributed by atoms with E-state index in [2.05, 4.69) is 4.98 Å². The molecule has 1 aromatic heterocycles. The summed E-state index contributed by atoms with van der Waals surface area (Å²) >= 11 is 0. The predicted octanol–water partition coefficient (Wildman–Crippen LogP) is 1.71. The first kappa shape index (κ1) is 17.9. The Bertz CT molecular complexity index is 781. The molecule has 1 aromatic rings. The van der Waals surface area contributed by atoms with Gasteiger partial charge in [0.25, 0.3) is 5.91 Å². The number of carbonyl (C=O) groups is 3. The van der Waals surface area contributed by atoms with Crippen molar-refractivity contribution in [3.05, 3.63) is 29.6 Å². The average molecular weight is 371 g/mol. The number of amides is 2. The van der Waals surface area contributed by atoms with Gasteiger partial charge in [0.1, 0.15) is 6.04 Å². The first-order valence-electron chi connectivity index (χ1n) is 9.63. The topological polar surface area (TPSA) is 90.8 Å². The number of carboxylic acid groups (broad SMARTS) is 1. The fourth-order valence-corrected chi connectivity index (χ4v) is 4.48. The summed E-state index contributed by atoms with van der Waals surface area (Å²) in [5.41, 5.74) is 1.09. The summed E-state index contributed by atoms with van der Waals surface area (Å²) in [6, 6.07) is 0.930. The summed E-state index contributed by atoms with van der Waals surface area (Å²) in [4.78, 5) is 44.6. The Morgan fingerprint density at radius 2 is 1.89 bits per heavy atom. The molecule has 0 aromatic carbocycles. The molecule has 3 aliphatic rings. The van der Waals surface area contributed by atoms with Gasteiger partial charge in [0.15, 0.2) is 0 Å². The van der Waals surface area contributed by atoms with Crippen LogP contribution in [-0.4, -0.2) is 63.4 Å². The average Bonchev–Trinajstić information content (AvgIpc) is 3.44. The number of hydrogen-bond acceptors (Lipinski definition) is 4. The largest absolute Gasteiger partial charge is 0.480 e. The zero-order valence-corrected chi connectivity index (χ0v) is 15.6. The number of pyridine rings is 1. The molecular weight excluding hydrogens is 346 g/mol. The minimum atomic E-state index is -0.961. The Morgan fingerprint density at radius 3 is 2.48 bits per heavy atom. The molecule has 0 unspecified atom stereocenters. The maximum Gasteiger partial charge on any atom is 0.326 e. The minimum absolute atomic E-state index is 0.210. The molecule has 27 heavy (non-hydrogen) atoms. The van der Waals surface area contributed by atoms with Gasteiger partial charge >= 0.3 is 5.97 Å². The molecule has 1 atom stereocenters. The van der Waals surface area contributed by atoms with E-state index < -0.39 is 12.0 Å². The molecular formula is C20H25N3O4. The van der Waals surface area contributed by atoms with Gasteiger partial charge in [-0.1, -0.05) is 0 Å². The van der Waals surface area contributed by atoms with Crippen LogP contribution in [0, 0.1) is 18.3 Å². The van der Waals surface area contributed by atoms with Gasteiger partial charge in [-0.3, -0.25) is 14.6 Å². The Morgan fingerprint density at radius 1 is 1.19 bits per heavy atom. The fraction of sp³-hybridized carbons (Fsp3) is 0.600. The number of nitrogens with zero attached hydrogens (tertiary/aromatic N) is 3. The molecule has 4 rings (SSSR count). The highest BCUT2D eigenvalue weighted by molar-refractivity contribution is 5.97. The van der Waals surface area contributed by atoms with E-state index in [1.165, 1.54) is 11.1 Å². The van der Waals surface area contributed by atoms with Crippen molar-refractivity contribution in [2.24, 2.45) is 11.3 Å². The summed E-state index contributed by atoms with van der Waals surface area (Å²) in [6.45, 7) is 3.62. The van der Waals surface area contributed by atoms with Gasteiger partial charge in [0.2, 0.25) is 5.91 Å². The number of carboxylic acids is 1. The third kappa shape index (κ3) is 3.42. The van der Waals surface area contributed by atoms with E-state index >= 15 is 0 Å². The van der Waals surface area contributed by atoms with E-state index in [4.69, 9.17) is 0 Å². The normalized spacial score (nSPS) is 24.3. The molecule has 3 fully saturated rings. The van der Waals surface area contributed by atoms with Gasteiger partial charge in [-0.2, -0.15) is 0 Å². The summed E-state index contributed by atoms with van der Waals surface area (Å²) in [5.74, 6) is -0.776. The van der Waals surface area contributed by atoms with Crippen molar-refractivity contribution in [3.8, 4) is 0 Å². The molecule has 2 amide bonds. The number of aryl methyl sites for hydroxylation is 1. The molecule has 7 heteroatoms. The second-order valence-corrected chi connectivity index (χ2v) is 8.34. The van der Waals surface area contributed by atoms with Crippen molar-refractivity contribution in [2.45, 2.75) is 45.1 Å². The number of piperidine rings is 1. The Balaban J connectivity index is 1.49. The van der Waals surface area contributed by atoms with Crippen molar-refractivity contribution in [1.29, 1.82) is 0 Å². The summed E-state index contributed by atoms with van der Waals surface area (Å²) in [7, 11) is 0. The Hall–Kier alpha value is -2.44. The maximum atomic E-state index is 13.0. The van der Waals surface area contributed by atoms with Crippen LogP contribution in [0.1, 0.15) is 48.0 Å². The molecule has 2 saturated heterocycles. The van der Waals surface area contributed by atoms with Gasteiger partial charge in [-0.15, -0.1) is 0 Å². The van der Waals surface area contributed by atoms with Crippen LogP contribution in [0.3, 0.4) is 0 Å². The van der Waals surface area contributed by atoms with Crippen LogP contribution < -0.4 is 0 Å². The van der Waals surface area contributed by atoms with Crippen LogP contribution in [0.25, 0.3) is 0 Å². The number of hydrogen-bond donors (Lipinski definition) is 1. The second kappa shape index (κ2) is 6.62. The lowest BCUT2D eigenvalue weighted by Gasteiger charge is -2.39. The number of aromatic nitrogens is 1. The van der Waals surface area contributed by atoms with Crippen molar-refractivity contribution >= 4 is 17.8 Å². The first-order valence-corrected chi connectivity index (χ1v) is 9.63. The van der Waals surface area contributed by atoms with E-state index in [0.717, 1.165) is 31.2 Å². The van der Waals surface area contributed by atoms with Crippen LogP contribution in [0.2, 0.25) is 0 Å². The lowest BCUT2D eigenvalue weighted by atomic mass is 9.76. The third-order valence-electron chi connectivity index (χ3n) is 6.24. The highest BCUT2D eigenvalue weighted by Gasteiger charge is 2.50. The summed E-state index contributed by atoms with van der Waals surface area (Å²) < 4.78 is 0. The second-order valence-electron chi connectivity index (χ2n) is 8.34. The number of aliphatic carboxylic acids is 1. The van der Waals surface area contributed by atoms with Crippen molar-refractivity contribution < 1.29 is 19.5 Å². The zero-order valence-electron chi connectivity index (χ0n) is 15.6. The van der Waals surface area contributed by atoms with E-state index in [1.54, 1.807) is 12.3 Å². The monoisotopic (exact) mass is 371 g/mol. The molecule has 3 heterocycles. The lowest BCUT2D eigenvalue weighted by molar-refractivity contribution is -0.141. The van der Waals surface area contributed by atoms with Crippen LogP contribution in [0.5, 0.6) is 0 Å². The van der Waals surface area contributed by atoms with Gasteiger partial charge in [-0.25, -0.2) is 4.79 Å². The maximum absolute atomic E-state index is 13.0. The van der Waals surface area contributed by atoms with Crippen molar-refractivity contribution in [2.75, 3.05) is 19.6 Å². The fourth-order valence-electron chi connectivity index (χ4n) is 4.48. The molecule has 0 radical (unpaired) electrons. The smallest absolute Gasteiger partial charge is 0.326 e.